The molecule has 3 aromatic heterocycles. The lowest BCUT2D eigenvalue weighted by Gasteiger charge is -2.27. The van der Waals surface area contributed by atoms with Crippen molar-refractivity contribution in [3.05, 3.63) is 65.8 Å². The number of nitrogens with one attached hydrogen (secondary N) is 1. The third kappa shape index (κ3) is 3.04. The summed E-state index contributed by atoms with van der Waals surface area (Å²) in [5, 5.41) is 19.1. The van der Waals surface area contributed by atoms with E-state index in [1.807, 2.05) is 0 Å². The highest BCUT2D eigenvalue weighted by Gasteiger charge is 2.26. The number of quaternary nitrogens is 1. The molecular formula is C19H16FN7O2. The van der Waals surface area contributed by atoms with Crippen LogP contribution in [0.4, 0.5) is 15.9 Å². The molecule has 146 valence electrons. The minimum absolute atomic E-state index is 0.229. The summed E-state index contributed by atoms with van der Waals surface area (Å²) in [4.78, 5) is 13.0. The third-order valence-electron chi connectivity index (χ3n) is 4.85. The molecule has 0 spiro atoms. The topological polar surface area (TPSA) is 117 Å². The van der Waals surface area contributed by atoms with Crippen LogP contribution in [0.2, 0.25) is 0 Å². The van der Waals surface area contributed by atoms with Crippen LogP contribution in [0.1, 0.15) is 18.0 Å². The number of benzene rings is 1. The summed E-state index contributed by atoms with van der Waals surface area (Å²) in [7, 11) is 0. The van der Waals surface area contributed by atoms with E-state index in [1.54, 1.807) is 41.4 Å². The fraction of sp³-hybridized carbons (Fsp3) is 0.158. The van der Waals surface area contributed by atoms with Crippen molar-refractivity contribution in [3.8, 4) is 17.1 Å². The molecule has 0 saturated heterocycles. The number of nitrogens with two attached hydrogens (primary N) is 1. The first-order chi connectivity index (χ1) is 14.2. The Balaban J connectivity index is 1.54. The van der Waals surface area contributed by atoms with Gasteiger partial charge in [0.2, 0.25) is 0 Å². The molecule has 1 aliphatic heterocycles. The van der Waals surface area contributed by atoms with E-state index < -0.39 is 5.82 Å². The molecule has 4 heterocycles. The van der Waals surface area contributed by atoms with Crippen LogP contribution in [0, 0.1) is 11.0 Å². The Morgan fingerprint density at radius 1 is 1.28 bits per heavy atom. The van der Waals surface area contributed by atoms with Gasteiger partial charge in [0.15, 0.2) is 28.9 Å². The van der Waals surface area contributed by atoms with Crippen molar-refractivity contribution >= 4 is 17.0 Å². The summed E-state index contributed by atoms with van der Waals surface area (Å²) >= 11 is 0. The van der Waals surface area contributed by atoms with Crippen molar-refractivity contribution in [1.82, 2.24) is 24.6 Å². The Bertz CT molecular complexity index is 1200. The van der Waals surface area contributed by atoms with E-state index in [2.05, 4.69) is 25.4 Å². The predicted octanol–water partition coefficient (Wildman–Crippen LogP) is 1.95. The van der Waals surface area contributed by atoms with Crippen LogP contribution in [-0.2, 0) is 0 Å². The zero-order valence-electron chi connectivity index (χ0n) is 15.1. The van der Waals surface area contributed by atoms with Gasteiger partial charge in [0.1, 0.15) is 0 Å². The second-order valence-electron chi connectivity index (χ2n) is 6.57. The maximum Gasteiger partial charge on any atom is 0.192 e. The molecule has 0 fully saturated rings. The number of ether oxygens (including phenoxy) is 1. The molecule has 1 unspecified atom stereocenters. The van der Waals surface area contributed by atoms with Crippen LogP contribution >= 0.6 is 0 Å². The first-order valence-corrected chi connectivity index (χ1v) is 9.02. The maximum absolute atomic E-state index is 14.1. The molecule has 1 aliphatic rings. The van der Waals surface area contributed by atoms with Gasteiger partial charge in [0.25, 0.3) is 0 Å². The zero-order valence-corrected chi connectivity index (χ0v) is 15.1. The SMILES string of the molecule is [O-][NH2+]c1cnc(-c2cnn3ccncc23)nc1NC1CCOc2c(F)cccc21. The summed E-state index contributed by atoms with van der Waals surface area (Å²) in [5.74, 6) is 0.599. The summed E-state index contributed by atoms with van der Waals surface area (Å²) in [6.45, 7) is 0.361. The number of aromatic nitrogens is 5. The Morgan fingerprint density at radius 2 is 2.21 bits per heavy atom. The number of hydrogen-bond donors (Lipinski definition) is 2. The van der Waals surface area contributed by atoms with Crippen LogP contribution < -0.4 is 15.5 Å². The van der Waals surface area contributed by atoms with Gasteiger partial charge < -0.3 is 20.7 Å². The van der Waals surface area contributed by atoms with Gasteiger partial charge in [-0.25, -0.2) is 18.9 Å². The summed E-state index contributed by atoms with van der Waals surface area (Å²) in [5.41, 5.74) is 3.13. The van der Waals surface area contributed by atoms with Gasteiger partial charge >= 0.3 is 0 Å². The van der Waals surface area contributed by atoms with E-state index in [0.717, 1.165) is 5.52 Å². The Hall–Kier alpha value is -3.63. The molecule has 4 aromatic rings. The van der Waals surface area contributed by atoms with Gasteiger partial charge in [-0.05, 0) is 6.07 Å². The lowest BCUT2D eigenvalue weighted by molar-refractivity contribution is -0.496. The standard InChI is InChI=1S/C19H16FN7O2/c20-13-3-1-2-11-14(4-7-29-17(11)13)24-19-15(26-28)9-22-18(25-19)12-8-23-27-6-5-21-10-16(12)27/h1-3,5-6,8-10,14H,4,7,26H2,(H,22,24,25). The minimum atomic E-state index is -0.410. The van der Waals surface area contributed by atoms with Crippen molar-refractivity contribution < 1.29 is 14.6 Å². The van der Waals surface area contributed by atoms with E-state index in [-0.39, 0.29) is 11.8 Å². The van der Waals surface area contributed by atoms with Gasteiger partial charge in [-0.15, -0.1) is 0 Å². The van der Waals surface area contributed by atoms with Gasteiger partial charge in [-0.3, -0.25) is 4.98 Å². The van der Waals surface area contributed by atoms with Crippen molar-refractivity contribution in [3.63, 3.8) is 0 Å². The summed E-state index contributed by atoms with van der Waals surface area (Å²) < 4.78 is 21.2. The first-order valence-electron chi connectivity index (χ1n) is 9.02. The van der Waals surface area contributed by atoms with Crippen LogP contribution in [0.25, 0.3) is 16.9 Å². The molecule has 0 bridgehead atoms. The number of fused-ring (bicyclic) bond motifs is 2. The summed E-state index contributed by atoms with van der Waals surface area (Å²) in [6.07, 6.45) is 8.75. The number of hydrogen-bond acceptors (Lipinski definition) is 7. The minimum Gasteiger partial charge on any atom is -0.630 e. The molecule has 0 amide bonds. The van der Waals surface area contributed by atoms with Crippen LogP contribution in [0.5, 0.6) is 5.75 Å². The fourth-order valence-corrected chi connectivity index (χ4v) is 3.43. The number of nitrogens with zero attached hydrogens (tertiary/aromatic N) is 5. The molecule has 0 radical (unpaired) electrons. The molecule has 0 saturated carbocycles. The smallest absolute Gasteiger partial charge is 0.192 e. The Kier molecular flexibility index (Phi) is 4.26. The van der Waals surface area contributed by atoms with Crippen LogP contribution in [0.3, 0.4) is 0 Å². The third-order valence-corrected chi connectivity index (χ3v) is 4.85. The van der Waals surface area contributed by atoms with Crippen molar-refractivity contribution in [1.29, 1.82) is 0 Å². The average molecular weight is 393 g/mol. The molecule has 1 atom stereocenters. The highest BCUT2D eigenvalue weighted by molar-refractivity contribution is 5.76. The highest BCUT2D eigenvalue weighted by Crippen LogP contribution is 2.36. The molecule has 3 N–H and O–H groups in total. The number of anilines is 1. The van der Waals surface area contributed by atoms with Gasteiger partial charge in [0, 0.05) is 24.4 Å². The highest BCUT2D eigenvalue weighted by atomic mass is 19.1. The lowest BCUT2D eigenvalue weighted by atomic mass is 10.0. The van der Waals surface area contributed by atoms with Crippen molar-refractivity contribution in [2.75, 3.05) is 11.9 Å². The molecule has 0 aliphatic carbocycles. The average Bonchev–Trinajstić information content (AvgIpc) is 3.19. The van der Waals surface area contributed by atoms with Gasteiger partial charge in [-0.1, -0.05) is 12.1 Å². The molecule has 29 heavy (non-hydrogen) atoms. The normalized spacial score (nSPS) is 15.7. The fourth-order valence-electron chi connectivity index (χ4n) is 3.43. The van der Waals surface area contributed by atoms with Crippen molar-refractivity contribution in [2.24, 2.45) is 0 Å². The van der Waals surface area contributed by atoms with Crippen LogP contribution in [-0.4, -0.2) is 31.2 Å². The molecule has 9 nitrogen and oxygen atoms in total. The Morgan fingerprint density at radius 3 is 3.10 bits per heavy atom. The van der Waals surface area contributed by atoms with E-state index in [9.17, 15) is 9.60 Å². The van der Waals surface area contributed by atoms with Gasteiger partial charge in [0.05, 0.1) is 42.3 Å². The quantitative estimate of drug-likeness (QED) is 0.509. The predicted molar refractivity (Wildman–Crippen MR) is 102 cm³/mol. The zero-order chi connectivity index (χ0) is 19.8. The number of rotatable bonds is 4. The second kappa shape index (κ2) is 7.08. The largest absolute Gasteiger partial charge is 0.630 e. The molecule has 10 heteroatoms. The monoisotopic (exact) mass is 393 g/mol. The van der Waals surface area contributed by atoms with E-state index >= 15 is 0 Å². The van der Waals surface area contributed by atoms with E-state index in [1.165, 1.54) is 12.3 Å². The second-order valence-corrected chi connectivity index (χ2v) is 6.57. The van der Waals surface area contributed by atoms with Gasteiger partial charge in [-0.2, -0.15) is 5.10 Å². The molecular weight excluding hydrogens is 377 g/mol. The van der Waals surface area contributed by atoms with Crippen molar-refractivity contribution in [2.45, 2.75) is 12.5 Å². The summed E-state index contributed by atoms with van der Waals surface area (Å²) in [6, 6.07) is 4.55. The number of halogens is 1. The lowest BCUT2D eigenvalue weighted by Crippen LogP contribution is -2.70. The van der Waals surface area contributed by atoms with E-state index in [4.69, 9.17) is 4.74 Å². The molecule has 1 aromatic carbocycles. The Labute approximate surface area is 164 Å². The number of para-hydroxylation sites is 1. The van der Waals surface area contributed by atoms with Crippen LogP contribution in [0.15, 0.2) is 49.2 Å². The molecule has 5 rings (SSSR count). The maximum atomic E-state index is 14.1. The van der Waals surface area contributed by atoms with E-state index in [0.29, 0.717) is 47.0 Å². The first kappa shape index (κ1) is 17.5.